The zero-order chi connectivity index (χ0) is 10.6. The van der Waals surface area contributed by atoms with Crippen LogP contribution in [0.5, 0.6) is 0 Å². The third kappa shape index (κ3) is 3.19. The standard InChI is InChI=1S/C10H15NO2S.ClH/c1-2-3-6-10(11,9(12)13)8-5-4-7-14-8;/h4-5,7H,2-3,6,11H2,1H3,(H,12,13);1H/t10-;/m1./s1. The molecule has 0 radical (unpaired) electrons. The van der Waals surface area contributed by atoms with Crippen LogP contribution in [0.4, 0.5) is 0 Å². The van der Waals surface area contributed by atoms with Crippen molar-refractivity contribution in [2.24, 2.45) is 5.73 Å². The SMILES string of the molecule is CCCC[C@](N)(C(=O)O)c1cccs1.Cl. The van der Waals surface area contributed by atoms with Gasteiger partial charge in [0.1, 0.15) is 5.54 Å². The van der Waals surface area contributed by atoms with Gasteiger partial charge in [-0.3, -0.25) is 0 Å². The van der Waals surface area contributed by atoms with E-state index in [2.05, 4.69) is 0 Å². The highest BCUT2D eigenvalue weighted by molar-refractivity contribution is 7.10. The fourth-order valence-corrected chi connectivity index (χ4v) is 2.18. The van der Waals surface area contributed by atoms with E-state index in [1.807, 2.05) is 18.4 Å². The fourth-order valence-electron chi connectivity index (χ4n) is 1.32. The second-order valence-corrected chi connectivity index (χ2v) is 4.31. The van der Waals surface area contributed by atoms with Crippen molar-refractivity contribution in [1.29, 1.82) is 0 Å². The van der Waals surface area contributed by atoms with Crippen LogP contribution < -0.4 is 5.73 Å². The molecule has 0 aliphatic heterocycles. The smallest absolute Gasteiger partial charge is 0.329 e. The topological polar surface area (TPSA) is 63.3 Å². The molecular formula is C10H16ClNO2S. The summed E-state index contributed by atoms with van der Waals surface area (Å²) in [5.74, 6) is -0.937. The molecule has 0 saturated heterocycles. The van der Waals surface area contributed by atoms with E-state index >= 15 is 0 Å². The van der Waals surface area contributed by atoms with Crippen LogP contribution in [-0.2, 0) is 10.3 Å². The minimum atomic E-state index is -1.19. The lowest BCUT2D eigenvalue weighted by atomic mass is 9.92. The van der Waals surface area contributed by atoms with Gasteiger partial charge in [-0.1, -0.05) is 25.8 Å². The number of carbonyl (C=O) groups is 1. The van der Waals surface area contributed by atoms with Gasteiger partial charge < -0.3 is 10.8 Å². The predicted molar refractivity (Wildman–Crippen MR) is 64.6 cm³/mol. The van der Waals surface area contributed by atoms with Gasteiger partial charge in [-0.2, -0.15) is 0 Å². The second-order valence-electron chi connectivity index (χ2n) is 3.36. The molecule has 86 valence electrons. The average molecular weight is 250 g/mol. The number of hydrogen-bond acceptors (Lipinski definition) is 3. The van der Waals surface area contributed by atoms with Crippen LogP contribution >= 0.6 is 23.7 Å². The number of carboxylic acid groups (broad SMARTS) is 1. The van der Waals surface area contributed by atoms with Gasteiger partial charge >= 0.3 is 5.97 Å². The minimum Gasteiger partial charge on any atom is -0.480 e. The first-order chi connectivity index (χ1) is 6.61. The van der Waals surface area contributed by atoms with Gasteiger partial charge in [-0.15, -0.1) is 23.7 Å². The van der Waals surface area contributed by atoms with Crippen molar-refractivity contribution in [2.45, 2.75) is 31.7 Å². The molecule has 1 heterocycles. The van der Waals surface area contributed by atoms with Crippen LogP contribution in [0.1, 0.15) is 31.1 Å². The van der Waals surface area contributed by atoms with Crippen molar-refractivity contribution in [3.63, 3.8) is 0 Å². The predicted octanol–water partition coefficient (Wildman–Crippen LogP) is 2.60. The Labute approximate surface area is 99.7 Å². The van der Waals surface area contributed by atoms with Crippen LogP contribution in [0, 0.1) is 0 Å². The highest BCUT2D eigenvalue weighted by atomic mass is 35.5. The van der Waals surface area contributed by atoms with E-state index in [1.54, 1.807) is 6.07 Å². The molecular weight excluding hydrogens is 234 g/mol. The monoisotopic (exact) mass is 249 g/mol. The summed E-state index contributed by atoms with van der Waals surface area (Å²) >= 11 is 1.40. The number of thiophene rings is 1. The Morgan fingerprint density at radius 2 is 2.33 bits per heavy atom. The Morgan fingerprint density at radius 3 is 2.73 bits per heavy atom. The van der Waals surface area contributed by atoms with E-state index in [1.165, 1.54) is 11.3 Å². The lowest BCUT2D eigenvalue weighted by molar-refractivity contribution is -0.144. The molecule has 15 heavy (non-hydrogen) atoms. The molecule has 0 unspecified atom stereocenters. The van der Waals surface area contributed by atoms with E-state index in [0.717, 1.165) is 17.7 Å². The average Bonchev–Trinajstić information content (AvgIpc) is 2.66. The molecule has 0 aliphatic carbocycles. The molecule has 0 bridgehead atoms. The largest absolute Gasteiger partial charge is 0.480 e. The van der Waals surface area contributed by atoms with Crippen molar-refractivity contribution < 1.29 is 9.90 Å². The summed E-state index contributed by atoms with van der Waals surface area (Å²) in [4.78, 5) is 11.8. The summed E-state index contributed by atoms with van der Waals surface area (Å²) in [7, 11) is 0. The van der Waals surface area contributed by atoms with Gasteiger partial charge in [-0.05, 0) is 17.9 Å². The second kappa shape index (κ2) is 6.10. The number of aliphatic carboxylic acids is 1. The van der Waals surface area contributed by atoms with Crippen LogP contribution in [0.15, 0.2) is 17.5 Å². The molecule has 0 amide bonds. The maximum absolute atomic E-state index is 11.1. The lowest BCUT2D eigenvalue weighted by Crippen LogP contribution is -2.44. The van der Waals surface area contributed by atoms with Crippen LogP contribution in [0.25, 0.3) is 0 Å². The fraction of sp³-hybridized carbons (Fsp3) is 0.500. The molecule has 0 spiro atoms. The van der Waals surface area contributed by atoms with Gasteiger partial charge in [0.25, 0.3) is 0 Å². The summed E-state index contributed by atoms with van der Waals surface area (Å²) in [5.41, 5.74) is 4.71. The first kappa shape index (κ1) is 14.4. The summed E-state index contributed by atoms with van der Waals surface area (Å²) in [6, 6.07) is 3.62. The number of halogens is 1. The van der Waals surface area contributed by atoms with Gasteiger partial charge in [0.15, 0.2) is 0 Å². The minimum absolute atomic E-state index is 0. The molecule has 5 heteroatoms. The molecule has 3 N–H and O–H groups in total. The van der Waals surface area contributed by atoms with Crippen LogP contribution in [0.3, 0.4) is 0 Å². The Kier molecular flexibility index (Phi) is 5.87. The highest BCUT2D eigenvalue weighted by Crippen LogP contribution is 2.28. The summed E-state index contributed by atoms with van der Waals surface area (Å²) in [5, 5.41) is 11.0. The van der Waals surface area contributed by atoms with E-state index in [4.69, 9.17) is 10.8 Å². The molecule has 1 aromatic rings. The third-order valence-corrected chi connectivity index (χ3v) is 3.31. The van der Waals surface area contributed by atoms with Crippen molar-refractivity contribution in [3.05, 3.63) is 22.4 Å². The highest BCUT2D eigenvalue weighted by Gasteiger charge is 2.36. The maximum Gasteiger partial charge on any atom is 0.329 e. The van der Waals surface area contributed by atoms with Gasteiger partial charge in [-0.25, -0.2) is 4.79 Å². The lowest BCUT2D eigenvalue weighted by Gasteiger charge is -2.22. The molecule has 1 aromatic heterocycles. The van der Waals surface area contributed by atoms with Crippen LogP contribution in [0.2, 0.25) is 0 Å². The summed E-state index contributed by atoms with van der Waals surface area (Å²) in [6.45, 7) is 2.02. The first-order valence-corrected chi connectivity index (χ1v) is 5.55. The third-order valence-electron chi connectivity index (χ3n) is 2.27. The van der Waals surface area contributed by atoms with Crippen molar-refractivity contribution in [1.82, 2.24) is 0 Å². The zero-order valence-corrected chi connectivity index (χ0v) is 10.2. The Balaban J connectivity index is 0.00000196. The van der Waals surface area contributed by atoms with Gasteiger partial charge in [0.2, 0.25) is 0 Å². The molecule has 0 fully saturated rings. The Bertz CT molecular complexity index is 302. The van der Waals surface area contributed by atoms with Gasteiger partial charge in [0.05, 0.1) is 0 Å². The zero-order valence-electron chi connectivity index (χ0n) is 8.60. The molecule has 3 nitrogen and oxygen atoms in total. The Hall–Kier alpha value is -0.580. The molecule has 1 atom stereocenters. The van der Waals surface area contributed by atoms with Crippen molar-refractivity contribution in [2.75, 3.05) is 0 Å². The van der Waals surface area contributed by atoms with Gasteiger partial charge in [0, 0.05) is 4.88 Å². The first-order valence-electron chi connectivity index (χ1n) is 4.67. The quantitative estimate of drug-likeness (QED) is 0.843. The van der Waals surface area contributed by atoms with E-state index < -0.39 is 11.5 Å². The number of unbranched alkanes of at least 4 members (excludes halogenated alkanes) is 1. The normalized spacial score (nSPS) is 14.0. The summed E-state index contributed by atoms with van der Waals surface area (Å²) < 4.78 is 0. The van der Waals surface area contributed by atoms with E-state index in [-0.39, 0.29) is 12.4 Å². The number of carboxylic acids is 1. The van der Waals surface area contributed by atoms with Crippen LogP contribution in [-0.4, -0.2) is 11.1 Å². The number of nitrogens with two attached hydrogens (primary N) is 1. The van der Waals surface area contributed by atoms with Crippen molar-refractivity contribution in [3.8, 4) is 0 Å². The molecule has 1 rings (SSSR count). The number of rotatable bonds is 5. The molecule has 0 aliphatic rings. The maximum atomic E-state index is 11.1. The van der Waals surface area contributed by atoms with Crippen molar-refractivity contribution >= 4 is 29.7 Å². The van der Waals surface area contributed by atoms with E-state index in [9.17, 15) is 4.79 Å². The summed E-state index contributed by atoms with van der Waals surface area (Å²) in [6.07, 6.45) is 2.29. The molecule has 0 aromatic carbocycles. The molecule has 0 saturated carbocycles. The number of hydrogen-bond donors (Lipinski definition) is 2. The van der Waals surface area contributed by atoms with E-state index in [0.29, 0.717) is 6.42 Å². The Morgan fingerprint density at radius 1 is 1.67 bits per heavy atom.